The fraction of sp³-hybridized carbons (Fsp3) is 0.524. The summed E-state index contributed by atoms with van der Waals surface area (Å²) in [5.74, 6) is 1.29. The fourth-order valence-corrected chi connectivity index (χ4v) is 4.81. The van der Waals surface area contributed by atoms with E-state index in [2.05, 4.69) is 9.88 Å². The van der Waals surface area contributed by atoms with Crippen LogP contribution in [-0.4, -0.2) is 41.6 Å². The molecule has 4 rings (SSSR count). The molecule has 1 aromatic carbocycles. The number of carbonyl (C=O) groups is 1. The van der Waals surface area contributed by atoms with E-state index in [-0.39, 0.29) is 17.8 Å². The summed E-state index contributed by atoms with van der Waals surface area (Å²) in [5, 5.41) is 0.939. The minimum Gasteiger partial charge on any atom is -0.465 e. The highest BCUT2D eigenvalue weighted by atomic mass is 19.1. The summed E-state index contributed by atoms with van der Waals surface area (Å²) < 4.78 is 18.9. The Morgan fingerprint density at radius 1 is 1.31 bits per heavy atom. The number of pyridine rings is 1. The lowest BCUT2D eigenvalue weighted by Gasteiger charge is -2.24. The third-order valence-electron chi connectivity index (χ3n) is 6.13. The van der Waals surface area contributed by atoms with Gasteiger partial charge in [-0.3, -0.25) is 14.7 Å². The molecule has 1 aromatic heterocycles. The Hall–Kier alpha value is -2.01. The summed E-state index contributed by atoms with van der Waals surface area (Å²) in [6.45, 7) is 6.10. The molecule has 4 atom stereocenters. The highest BCUT2D eigenvalue weighted by molar-refractivity contribution is 5.82. The van der Waals surface area contributed by atoms with Gasteiger partial charge in [0.05, 0.1) is 12.1 Å². The molecule has 1 aliphatic carbocycles. The van der Waals surface area contributed by atoms with E-state index >= 15 is 0 Å². The Balaban J connectivity index is 1.49. The number of carbonyl (C=O) groups excluding carboxylic acids is 1. The second-order valence-corrected chi connectivity index (χ2v) is 7.63. The molecule has 1 saturated carbocycles. The van der Waals surface area contributed by atoms with E-state index in [0.717, 1.165) is 36.8 Å². The number of benzene rings is 1. The summed E-state index contributed by atoms with van der Waals surface area (Å²) >= 11 is 0. The minimum atomic E-state index is -0.209. The van der Waals surface area contributed by atoms with Crippen LogP contribution in [-0.2, 0) is 9.53 Å². The predicted molar refractivity (Wildman–Crippen MR) is 98.3 cm³/mol. The number of esters is 1. The number of rotatable bonds is 4. The zero-order chi connectivity index (χ0) is 18.3. The standard InChI is InChI=1S/C21H25FN2O2/c1-3-26-21(25)13(2)24-11-15-8-14(9-16(15)12-24)18-6-7-23-20-5-4-17(22)10-19(18)20/h4-7,10,13-16H,3,8-9,11-12H2,1-2H3/t13?,14?,15-,16?/m0/s1. The molecule has 0 N–H and O–H groups in total. The lowest BCUT2D eigenvalue weighted by Crippen LogP contribution is -2.39. The molecule has 2 heterocycles. The number of nitrogens with zero attached hydrogens (tertiary/aromatic N) is 2. The van der Waals surface area contributed by atoms with E-state index in [1.54, 1.807) is 12.1 Å². The molecule has 4 nitrogen and oxygen atoms in total. The van der Waals surface area contributed by atoms with Gasteiger partial charge in [-0.15, -0.1) is 0 Å². The first kappa shape index (κ1) is 17.4. The van der Waals surface area contributed by atoms with Crippen molar-refractivity contribution in [2.75, 3.05) is 19.7 Å². The van der Waals surface area contributed by atoms with E-state index < -0.39 is 0 Å². The number of likely N-dealkylation sites (tertiary alicyclic amines) is 1. The van der Waals surface area contributed by atoms with Crippen molar-refractivity contribution >= 4 is 16.9 Å². The summed E-state index contributed by atoms with van der Waals surface area (Å²) in [5.41, 5.74) is 2.08. The van der Waals surface area contributed by atoms with Crippen molar-refractivity contribution in [3.63, 3.8) is 0 Å². The van der Waals surface area contributed by atoms with E-state index in [1.807, 2.05) is 26.1 Å². The number of aromatic nitrogens is 1. The number of hydrogen-bond acceptors (Lipinski definition) is 4. The molecule has 1 saturated heterocycles. The highest BCUT2D eigenvalue weighted by Gasteiger charge is 2.43. The smallest absolute Gasteiger partial charge is 0.323 e. The second kappa shape index (κ2) is 6.95. The Morgan fingerprint density at radius 3 is 2.73 bits per heavy atom. The van der Waals surface area contributed by atoms with Gasteiger partial charge in [-0.2, -0.15) is 0 Å². The number of halogens is 1. The number of ether oxygens (including phenoxy) is 1. The zero-order valence-electron chi connectivity index (χ0n) is 15.3. The van der Waals surface area contributed by atoms with Crippen LogP contribution >= 0.6 is 0 Å². The lowest BCUT2D eigenvalue weighted by molar-refractivity contribution is -0.148. The molecule has 0 radical (unpaired) electrons. The molecule has 2 fully saturated rings. The van der Waals surface area contributed by atoms with Crippen LogP contribution in [0.5, 0.6) is 0 Å². The molecule has 5 heteroatoms. The van der Waals surface area contributed by atoms with Crippen LogP contribution in [0.4, 0.5) is 4.39 Å². The summed E-state index contributed by atoms with van der Waals surface area (Å²) in [6.07, 6.45) is 4.01. The Kier molecular flexibility index (Phi) is 4.65. The van der Waals surface area contributed by atoms with Crippen molar-refractivity contribution in [3.05, 3.63) is 41.8 Å². The third kappa shape index (κ3) is 3.09. The zero-order valence-corrected chi connectivity index (χ0v) is 15.3. The van der Waals surface area contributed by atoms with Crippen LogP contribution in [0, 0.1) is 17.7 Å². The molecule has 0 bridgehead atoms. The SMILES string of the molecule is CCOC(=O)C(C)N1CC2CC(c3ccnc4ccc(F)cc34)C[C@H]2C1. The topological polar surface area (TPSA) is 42.4 Å². The van der Waals surface area contributed by atoms with Gasteiger partial charge >= 0.3 is 5.97 Å². The van der Waals surface area contributed by atoms with E-state index in [0.29, 0.717) is 24.4 Å². The van der Waals surface area contributed by atoms with E-state index in [9.17, 15) is 9.18 Å². The van der Waals surface area contributed by atoms with Crippen molar-refractivity contribution in [1.82, 2.24) is 9.88 Å². The summed E-state index contributed by atoms with van der Waals surface area (Å²) in [6, 6.07) is 6.71. The van der Waals surface area contributed by atoms with Gasteiger partial charge in [-0.1, -0.05) is 0 Å². The monoisotopic (exact) mass is 356 g/mol. The first-order valence-electron chi connectivity index (χ1n) is 9.51. The number of hydrogen-bond donors (Lipinski definition) is 0. The third-order valence-corrected chi connectivity index (χ3v) is 6.13. The molecule has 3 unspecified atom stereocenters. The average molecular weight is 356 g/mol. The van der Waals surface area contributed by atoms with E-state index in [1.165, 1.54) is 11.6 Å². The largest absolute Gasteiger partial charge is 0.465 e. The van der Waals surface area contributed by atoms with Gasteiger partial charge in [0, 0.05) is 24.7 Å². The van der Waals surface area contributed by atoms with Crippen LogP contribution in [0.25, 0.3) is 10.9 Å². The Bertz CT molecular complexity index is 811. The van der Waals surface area contributed by atoms with E-state index in [4.69, 9.17) is 4.74 Å². The molecular weight excluding hydrogens is 331 g/mol. The Morgan fingerprint density at radius 2 is 2.04 bits per heavy atom. The van der Waals surface area contributed by atoms with Gasteiger partial charge < -0.3 is 4.74 Å². The molecular formula is C21H25FN2O2. The van der Waals surface area contributed by atoms with Gasteiger partial charge in [-0.05, 0) is 74.3 Å². The van der Waals surface area contributed by atoms with Gasteiger partial charge in [0.25, 0.3) is 0 Å². The lowest BCUT2D eigenvalue weighted by atomic mass is 9.93. The van der Waals surface area contributed by atoms with Crippen LogP contribution in [0.1, 0.15) is 38.2 Å². The summed E-state index contributed by atoms with van der Waals surface area (Å²) in [4.78, 5) is 18.6. The van der Waals surface area contributed by atoms with Crippen molar-refractivity contribution in [2.45, 2.75) is 38.6 Å². The second-order valence-electron chi connectivity index (χ2n) is 7.63. The predicted octanol–water partition coefficient (Wildman–Crippen LogP) is 3.75. The molecule has 1 aliphatic heterocycles. The summed E-state index contributed by atoms with van der Waals surface area (Å²) in [7, 11) is 0. The van der Waals surface area contributed by atoms with Crippen molar-refractivity contribution in [3.8, 4) is 0 Å². The maximum absolute atomic E-state index is 13.7. The van der Waals surface area contributed by atoms with Crippen molar-refractivity contribution in [2.24, 2.45) is 11.8 Å². The molecule has 0 amide bonds. The van der Waals surface area contributed by atoms with Gasteiger partial charge in [0.1, 0.15) is 11.9 Å². The normalized spacial score (nSPS) is 26.8. The maximum atomic E-state index is 13.7. The van der Waals surface area contributed by atoms with Crippen LogP contribution in [0.3, 0.4) is 0 Å². The first-order chi connectivity index (χ1) is 12.6. The average Bonchev–Trinajstić information content (AvgIpc) is 3.19. The van der Waals surface area contributed by atoms with Crippen molar-refractivity contribution < 1.29 is 13.9 Å². The molecule has 138 valence electrons. The molecule has 26 heavy (non-hydrogen) atoms. The van der Waals surface area contributed by atoms with Crippen LogP contribution in [0.15, 0.2) is 30.5 Å². The molecule has 0 spiro atoms. The van der Waals surface area contributed by atoms with Gasteiger partial charge in [-0.25, -0.2) is 4.39 Å². The quantitative estimate of drug-likeness (QED) is 0.783. The first-order valence-corrected chi connectivity index (χ1v) is 9.51. The van der Waals surface area contributed by atoms with Crippen LogP contribution < -0.4 is 0 Å². The minimum absolute atomic E-state index is 0.125. The van der Waals surface area contributed by atoms with Gasteiger partial charge in [0.2, 0.25) is 0 Å². The molecule has 2 aliphatic rings. The highest BCUT2D eigenvalue weighted by Crippen LogP contribution is 2.47. The fourth-order valence-electron chi connectivity index (χ4n) is 4.81. The maximum Gasteiger partial charge on any atom is 0.323 e. The van der Waals surface area contributed by atoms with Gasteiger partial charge in [0.15, 0.2) is 0 Å². The van der Waals surface area contributed by atoms with Crippen molar-refractivity contribution in [1.29, 1.82) is 0 Å². The number of fused-ring (bicyclic) bond motifs is 2. The Labute approximate surface area is 153 Å². The van der Waals surface area contributed by atoms with Crippen LogP contribution in [0.2, 0.25) is 0 Å². The molecule has 2 aromatic rings.